The van der Waals surface area contributed by atoms with Crippen molar-refractivity contribution in [1.82, 2.24) is 10.2 Å². The Kier molecular flexibility index (Phi) is 6.17. The quantitative estimate of drug-likeness (QED) is 0.503. The fraction of sp³-hybridized carbons (Fsp3) is 0.630. The van der Waals surface area contributed by atoms with Crippen LogP contribution >= 0.6 is 23.2 Å². The summed E-state index contributed by atoms with van der Waals surface area (Å²) in [6.45, 7) is 5.51. The minimum Gasteiger partial charge on any atom is -0.338 e. The van der Waals surface area contributed by atoms with Crippen LogP contribution in [0.15, 0.2) is 30.4 Å². The van der Waals surface area contributed by atoms with Crippen molar-refractivity contribution in [2.45, 2.75) is 58.4 Å². The molecular formula is C27H35Cl2N3O2. The van der Waals surface area contributed by atoms with Gasteiger partial charge >= 0.3 is 6.03 Å². The molecule has 2 N–H and O–H groups in total. The zero-order valence-corrected chi connectivity index (χ0v) is 21.8. The molecule has 3 fully saturated rings. The molecule has 7 atom stereocenters. The number of benzene rings is 1. The molecule has 184 valence electrons. The molecule has 0 aromatic heterocycles. The van der Waals surface area contributed by atoms with Gasteiger partial charge in [0.25, 0.3) is 0 Å². The van der Waals surface area contributed by atoms with Crippen LogP contribution in [-0.2, 0) is 4.79 Å². The van der Waals surface area contributed by atoms with E-state index in [-0.39, 0.29) is 22.8 Å². The molecule has 1 aromatic rings. The highest BCUT2D eigenvalue weighted by Crippen LogP contribution is 2.65. The second-order valence-electron chi connectivity index (χ2n) is 11.4. The molecule has 1 heterocycles. The van der Waals surface area contributed by atoms with Crippen molar-refractivity contribution < 1.29 is 9.59 Å². The number of rotatable bonds is 3. The summed E-state index contributed by atoms with van der Waals surface area (Å²) in [6.07, 6.45) is 11.1. The zero-order chi connectivity index (χ0) is 24.3. The van der Waals surface area contributed by atoms with Crippen molar-refractivity contribution >= 4 is 40.8 Å². The first-order valence-corrected chi connectivity index (χ1v) is 13.4. The van der Waals surface area contributed by atoms with Gasteiger partial charge in [0.05, 0.1) is 15.7 Å². The van der Waals surface area contributed by atoms with Crippen molar-refractivity contribution in [3.05, 3.63) is 40.4 Å². The highest BCUT2D eigenvalue weighted by Gasteiger charge is 2.60. The maximum absolute atomic E-state index is 12.6. The number of hydrogen-bond acceptors (Lipinski definition) is 2. The van der Waals surface area contributed by atoms with Crippen LogP contribution in [0.5, 0.6) is 0 Å². The van der Waals surface area contributed by atoms with E-state index in [0.717, 1.165) is 12.8 Å². The van der Waals surface area contributed by atoms with E-state index in [1.165, 1.54) is 25.7 Å². The molecule has 0 spiro atoms. The predicted octanol–water partition coefficient (Wildman–Crippen LogP) is 6.37. The molecule has 3 aliphatic carbocycles. The number of anilines is 1. The summed E-state index contributed by atoms with van der Waals surface area (Å²) in [7, 11) is 1.97. The van der Waals surface area contributed by atoms with E-state index in [1.807, 2.05) is 11.9 Å². The van der Waals surface area contributed by atoms with Crippen LogP contribution in [-0.4, -0.2) is 36.5 Å². The van der Waals surface area contributed by atoms with E-state index < -0.39 is 0 Å². The van der Waals surface area contributed by atoms with Gasteiger partial charge in [0.2, 0.25) is 5.91 Å². The molecule has 5 rings (SSSR count). The Bertz CT molecular complexity index is 1030. The number of hydrogen-bond donors (Lipinski definition) is 2. The number of halogens is 2. The summed E-state index contributed by atoms with van der Waals surface area (Å²) in [5, 5.41) is 6.73. The maximum Gasteiger partial charge on any atom is 0.319 e. The lowest BCUT2D eigenvalue weighted by molar-refractivity contribution is -0.138. The Morgan fingerprint density at radius 3 is 2.71 bits per heavy atom. The molecule has 3 amide bonds. The van der Waals surface area contributed by atoms with E-state index in [0.29, 0.717) is 52.0 Å². The first-order chi connectivity index (χ1) is 16.1. The SMILES string of the molecule is CN1C(=O)C=C[C@@]2(C)C1CC[C@@H]1[C@H]2CC[C@]2(C)C(CNC(=O)Nc3cccc(Cl)c3Cl)CC[C@@H]12. The van der Waals surface area contributed by atoms with E-state index >= 15 is 0 Å². The smallest absolute Gasteiger partial charge is 0.319 e. The molecule has 2 unspecified atom stereocenters. The molecule has 3 saturated carbocycles. The van der Waals surface area contributed by atoms with Gasteiger partial charge in [0, 0.05) is 25.0 Å². The fourth-order valence-corrected chi connectivity index (χ4v) is 8.51. The van der Waals surface area contributed by atoms with Crippen molar-refractivity contribution in [1.29, 1.82) is 0 Å². The summed E-state index contributed by atoms with van der Waals surface area (Å²) in [6, 6.07) is 5.31. The van der Waals surface area contributed by atoms with Gasteiger partial charge in [-0.25, -0.2) is 4.79 Å². The Morgan fingerprint density at radius 2 is 1.91 bits per heavy atom. The average Bonchev–Trinajstić information content (AvgIpc) is 3.14. The van der Waals surface area contributed by atoms with Gasteiger partial charge in [-0.15, -0.1) is 0 Å². The third-order valence-corrected chi connectivity index (χ3v) is 10.9. The maximum atomic E-state index is 12.6. The summed E-state index contributed by atoms with van der Waals surface area (Å²) in [4.78, 5) is 26.9. The number of amides is 3. The highest BCUT2D eigenvalue weighted by atomic mass is 35.5. The van der Waals surface area contributed by atoms with Gasteiger partial charge in [0.1, 0.15) is 0 Å². The number of nitrogens with zero attached hydrogens (tertiary/aromatic N) is 1. The number of likely N-dealkylation sites (N-methyl/N-ethyl adjacent to an activating group) is 1. The molecule has 34 heavy (non-hydrogen) atoms. The summed E-state index contributed by atoms with van der Waals surface area (Å²) in [5.74, 6) is 2.60. The van der Waals surface area contributed by atoms with Gasteiger partial charge in [-0.05, 0) is 85.8 Å². The van der Waals surface area contributed by atoms with Crippen molar-refractivity contribution in [2.75, 3.05) is 18.9 Å². The molecule has 0 saturated heterocycles. The minimum atomic E-state index is -0.238. The van der Waals surface area contributed by atoms with Gasteiger partial charge in [-0.3, -0.25) is 4.79 Å². The first-order valence-electron chi connectivity index (χ1n) is 12.6. The average molecular weight is 505 g/mol. The van der Waals surface area contributed by atoms with Crippen LogP contribution < -0.4 is 10.6 Å². The van der Waals surface area contributed by atoms with E-state index in [1.54, 1.807) is 24.3 Å². The Labute approximate surface area is 212 Å². The summed E-state index contributed by atoms with van der Waals surface area (Å²) in [5.41, 5.74) is 0.835. The summed E-state index contributed by atoms with van der Waals surface area (Å²) < 4.78 is 0. The lowest BCUT2D eigenvalue weighted by atomic mass is 9.47. The Hall–Kier alpha value is -1.72. The van der Waals surface area contributed by atoms with E-state index in [9.17, 15) is 9.59 Å². The monoisotopic (exact) mass is 503 g/mol. The number of urea groups is 1. The number of carbonyl (C=O) groups excluding carboxylic acids is 2. The molecule has 0 bridgehead atoms. The molecule has 7 heteroatoms. The van der Waals surface area contributed by atoms with Crippen LogP contribution in [0.25, 0.3) is 0 Å². The van der Waals surface area contributed by atoms with Crippen LogP contribution in [0.2, 0.25) is 10.0 Å². The number of fused-ring (bicyclic) bond motifs is 5. The largest absolute Gasteiger partial charge is 0.338 e. The Morgan fingerprint density at radius 1 is 1.12 bits per heavy atom. The third-order valence-electron chi connectivity index (χ3n) is 10.0. The second-order valence-corrected chi connectivity index (χ2v) is 12.2. The summed E-state index contributed by atoms with van der Waals surface area (Å²) >= 11 is 12.3. The highest BCUT2D eigenvalue weighted by molar-refractivity contribution is 6.43. The zero-order valence-electron chi connectivity index (χ0n) is 20.2. The van der Waals surface area contributed by atoms with Crippen LogP contribution in [0, 0.1) is 34.5 Å². The standard InChI is InChI=1S/C27H35Cl2N3O2/c1-26-13-11-19-17(8-10-22-27(19,2)14-12-23(33)32(22)3)18(26)9-7-16(26)15-30-25(34)31-21-6-4-5-20(28)24(21)29/h4-6,12,14,16-19,22H,7-11,13,15H2,1-3H3,(H2,30,31,34)/t16?,17-,18-,19+,22?,26+,27+/m0/s1. The number of nitrogens with one attached hydrogen (secondary N) is 2. The van der Waals surface area contributed by atoms with Gasteiger partial charge in [-0.2, -0.15) is 0 Å². The van der Waals surface area contributed by atoms with Crippen LogP contribution in [0.4, 0.5) is 10.5 Å². The van der Waals surface area contributed by atoms with Gasteiger partial charge < -0.3 is 15.5 Å². The second kappa shape index (κ2) is 8.74. The van der Waals surface area contributed by atoms with Crippen molar-refractivity contribution in [3.8, 4) is 0 Å². The fourth-order valence-electron chi connectivity index (χ4n) is 8.17. The van der Waals surface area contributed by atoms with Crippen LogP contribution in [0.3, 0.4) is 0 Å². The minimum absolute atomic E-state index is 0.0688. The first kappa shape index (κ1) is 24.0. The Balaban J connectivity index is 1.26. The molecule has 5 nitrogen and oxygen atoms in total. The van der Waals surface area contributed by atoms with Gasteiger partial charge in [0.15, 0.2) is 0 Å². The third kappa shape index (κ3) is 3.74. The topological polar surface area (TPSA) is 61.4 Å². The van der Waals surface area contributed by atoms with Gasteiger partial charge in [-0.1, -0.05) is 49.2 Å². The van der Waals surface area contributed by atoms with E-state index in [4.69, 9.17) is 23.2 Å². The molecular weight excluding hydrogens is 469 g/mol. The van der Waals surface area contributed by atoms with Crippen molar-refractivity contribution in [3.63, 3.8) is 0 Å². The lowest BCUT2D eigenvalue weighted by Crippen LogP contribution is -2.59. The van der Waals surface area contributed by atoms with Crippen molar-refractivity contribution in [2.24, 2.45) is 34.5 Å². The number of carbonyl (C=O) groups is 2. The molecule has 1 aromatic carbocycles. The molecule has 1 aliphatic heterocycles. The van der Waals surface area contributed by atoms with Crippen LogP contribution in [0.1, 0.15) is 52.4 Å². The van der Waals surface area contributed by atoms with E-state index in [2.05, 4.69) is 30.6 Å². The molecule has 4 aliphatic rings. The normalized spacial score (nSPS) is 38.7. The lowest BCUT2D eigenvalue weighted by Gasteiger charge is -2.60. The predicted molar refractivity (Wildman–Crippen MR) is 137 cm³/mol. The molecule has 0 radical (unpaired) electrons.